The van der Waals surface area contributed by atoms with Gasteiger partial charge in [-0.15, -0.1) is 0 Å². The third kappa shape index (κ3) is 9.49. The van der Waals surface area contributed by atoms with Crippen molar-refractivity contribution >= 4 is 17.4 Å². The summed E-state index contributed by atoms with van der Waals surface area (Å²) in [5, 5.41) is 3.21. The van der Waals surface area contributed by atoms with Gasteiger partial charge in [-0.25, -0.2) is 0 Å². The van der Waals surface area contributed by atoms with Crippen LogP contribution in [0.25, 0.3) is 0 Å². The molecule has 0 radical (unpaired) electrons. The predicted molar refractivity (Wildman–Crippen MR) is 170 cm³/mol. The Kier molecular flexibility index (Phi) is 13.0. The molecule has 1 saturated heterocycles. The Morgan fingerprint density at radius 3 is 2.22 bits per heavy atom. The lowest BCUT2D eigenvalue weighted by molar-refractivity contribution is -0.919. The molecule has 3 rings (SSSR count). The molecule has 6 nitrogen and oxygen atoms in total. The van der Waals surface area contributed by atoms with Crippen molar-refractivity contribution in [3.63, 3.8) is 0 Å². The van der Waals surface area contributed by atoms with Crippen molar-refractivity contribution in [2.24, 2.45) is 0 Å². The number of anilines is 1. The molecule has 0 bridgehead atoms. The summed E-state index contributed by atoms with van der Waals surface area (Å²) in [6, 6.07) is 12.3. The Bertz CT molecular complexity index is 1110. The molecule has 1 fully saturated rings. The second-order valence-corrected chi connectivity index (χ2v) is 12.1. The molecule has 226 valence electrons. The van der Waals surface area contributed by atoms with E-state index in [1.54, 1.807) is 0 Å². The van der Waals surface area contributed by atoms with Crippen LogP contribution in [0.15, 0.2) is 36.4 Å². The number of ketones is 1. The Morgan fingerprint density at radius 1 is 0.927 bits per heavy atom. The van der Waals surface area contributed by atoms with Crippen LogP contribution in [0, 0.1) is 27.7 Å². The zero-order valence-corrected chi connectivity index (χ0v) is 26.6. The molecule has 2 atom stereocenters. The summed E-state index contributed by atoms with van der Waals surface area (Å²) in [6.45, 7) is 18.9. The number of amides is 1. The van der Waals surface area contributed by atoms with Gasteiger partial charge in [-0.2, -0.15) is 0 Å². The zero-order valence-electron chi connectivity index (χ0n) is 26.6. The van der Waals surface area contributed by atoms with Crippen LogP contribution in [0.3, 0.4) is 0 Å². The molecular weight excluding hydrogens is 510 g/mol. The molecule has 0 saturated carbocycles. The van der Waals surface area contributed by atoms with Crippen LogP contribution in [0.1, 0.15) is 73.8 Å². The van der Waals surface area contributed by atoms with E-state index in [9.17, 15) is 9.59 Å². The van der Waals surface area contributed by atoms with Crippen LogP contribution in [0.2, 0.25) is 0 Å². The Hall–Kier alpha value is -2.54. The van der Waals surface area contributed by atoms with E-state index < -0.39 is 0 Å². The van der Waals surface area contributed by atoms with Gasteiger partial charge in [0, 0.05) is 18.7 Å². The van der Waals surface area contributed by atoms with Crippen molar-refractivity contribution in [1.82, 2.24) is 4.90 Å². The minimum atomic E-state index is -0.121. The van der Waals surface area contributed by atoms with E-state index in [2.05, 4.69) is 56.1 Å². The van der Waals surface area contributed by atoms with Crippen LogP contribution in [-0.4, -0.2) is 79.6 Å². The number of quaternary nitrogens is 1. The Balaban J connectivity index is 1.54. The standard InChI is InChI=1S/C35H53N3O3/c1-7-9-21-38(8-2,26-31(39)25-32-27(3)14-12-15-28(32)4)22-24-41-23-20-37-19-11-10-18-33(37)35(40)36-34-29(5)16-13-17-30(34)6/h12-17,33H,7-11,18-26H2,1-6H3/p+1. The average molecular weight is 565 g/mol. The molecule has 0 spiro atoms. The number of benzene rings is 2. The lowest BCUT2D eigenvalue weighted by Crippen LogP contribution is -2.54. The predicted octanol–water partition coefficient (Wildman–Crippen LogP) is 6.18. The molecule has 1 aliphatic rings. The third-order valence-electron chi connectivity index (χ3n) is 9.07. The molecule has 2 unspecified atom stereocenters. The van der Waals surface area contributed by atoms with E-state index in [1.807, 2.05) is 32.0 Å². The zero-order chi connectivity index (χ0) is 29.8. The molecule has 1 aliphatic heterocycles. The lowest BCUT2D eigenvalue weighted by Gasteiger charge is -2.38. The number of nitrogens with one attached hydrogen (secondary N) is 1. The first kappa shape index (κ1) is 33.0. The van der Waals surface area contributed by atoms with Crippen molar-refractivity contribution in [3.05, 3.63) is 64.2 Å². The fourth-order valence-corrected chi connectivity index (χ4v) is 6.26. The van der Waals surface area contributed by atoms with Crippen LogP contribution in [0.5, 0.6) is 0 Å². The number of rotatable bonds is 16. The van der Waals surface area contributed by atoms with Gasteiger partial charge in [0.1, 0.15) is 13.1 Å². The van der Waals surface area contributed by atoms with Crippen LogP contribution in [-0.2, 0) is 20.7 Å². The number of para-hydroxylation sites is 1. The quantitative estimate of drug-likeness (QED) is 0.195. The van der Waals surface area contributed by atoms with E-state index in [0.29, 0.717) is 32.0 Å². The number of hydrogen-bond donors (Lipinski definition) is 1. The van der Waals surface area contributed by atoms with Gasteiger partial charge in [-0.05, 0) is 88.2 Å². The molecule has 0 aliphatic carbocycles. The van der Waals surface area contributed by atoms with E-state index in [0.717, 1.165) is 86.1 Å². The summed E-state index contributed by atoms with van der Waals surface area (Å²) in [4.78, 5) is 28.9. The first-order valence-electron chi connectivity index (χ1n) is 15.8. The molecule has 1 amide bonds. The minimum absolute atomic E-state index is 0.0886. The molecule has 1 heterocycles. The molecular formula is C35H54N3O3+. The number of carbonyl (C=O) groups excluding carboxylic acids is 2. The van der Waals surface area contributed by atoms with Gasteiger partial charge in [0.15, 0.2) is 5.78 Å². The first-order valence-corrected chi connectivity index (χ1v) is 15.8. The number of likely N-dealkylation sites (tertiary alicyclic amines) is 1. The number of hydrogen-bond acceptors (Lipinski definition) is 4. The minimum Gasteiger partial charge on any atom is -0.374 e. The Morgan fingerprint density at radius 2 is 1.59 bits per heavy atom. The average Bonchev–Trinajstić information content (AvgIpc) is 2.95. The summed E-state index contributed by atoms with van der Waals surface area (Å²) in [5.74, 6) is 0.400. The number of piperidine rings is 1. The summed E-state index contributed by atoms with van der Waals surface area (Å²) in [5.41, 5.74) is 6.70. The smallest absolute Gasteiger partial charge is 0.241 e. The molecule has 2 aromatic carbocycles. The number of nitrogens with zero attached hydrogens (tertiary/aromatic N) is 2. The molecule has 6 heteroatoms. The molecule has 1 N–H and O–H groups in total. The summed E-state index contributed by atoms with van der Waals surface area (Å²) in [7, 11) is 0. The maximum Gasteiger partial charge on any atom is 0.241 e. The van der Waals surface area contributed by atoms with Crippen molar-refractivity contribution in [2.45, 2.75) is 86.1 Å². The maximum atomic E-state index is 13.3. The number of unbranched alkanes of at least 4 members (excludes halogenated alkanes) is 1. The molecule has 0 aromatic heterocycles. The number of aryl methyl sites for hydroxylation is 4. The highest BCUT2D eigenvalue weighted by Gasteiger charge is 2.30. The molecule has 2 aromatic rings. The number of likely N-dealkylation sites (N-methyl/N-ethyl adjacent to an activating group) is 1. The van der Waals surface area contributed by atoms with Crippen LogP contribution < -0.4 is 5.32 Å². The number of ether oxygens (including phenoxy) is 1. The first-order chi connectivity index (χ1) is 19.7. The fraction of sp³-hybridized carbons (Fsp3) is 0.600. The summed E-state index contributed by atoms with van der Waals surface area (Å²) >= 11 is 0. The van der Waals surface area contributed by atoms with Crippen LogP contribution in [0.4, 0.5) is 5.69 Å². The van der Waals surface area contributed by atoms with Gasteiger partial charge in [0.05, 0.1) is 32.3 Å². The van der Waals surface area contributed by atoms with Gasteiger partial charge in [0.25, 0.3) is 0 Å². The van der Waals surface area contributed by atoms with Gasteiger partial charge in [-0.1, -0.05) is 56.2 Å². The van der Waals surface area contributed by atoms with Crippen molar-refractivity contribution in [2.75, 3.05) is 57.8 Å². The van der Waals surface area contributed by atoms with E-state index in [4.69, 9.17) is 4.74 Å². The lowest BCUT2D eigenvalue weighted by atomic mass is 9.97. The highest BCUT2D eigenvalue weighted by molar-refractivity contribution is 5.96. The summed E-state index contributed by atoms with van der Waals surface area (Å²) < 4.78 is 6.98. The highest BCUT2D eigenvalue weighted by atomic mass is 16.5. The van der Waals surface area contributed by atoms with Crippen molar-refractivity contribution in [1.29, 1.82) is 0 Å². The van der Waals surface area contributed by atoms with Crippen molar-refractivity contribution in [3.8, 4) is 0 Å². The van der Waals surface area contributed by atoms with E-state index in [-0.39, 0.29) is 11.9 Å². The monoisotopic (exact) mass is 564 g/mol. The summed E-state index contributed by atoms with van der Waals surface area (Å²) in [6.07, 6.45) is 5.80. The number of Topliss-reactive ketones (excluding diaryl/α,β-unsaturated/α-hetero) is 1. The largest absolute Gasteiger partial charge is 0.374 e. The third-order valence-corrected chi connectivity index (χ3v) is 9.07. The van der Waals surface area contributed by atoms with Gasteiger partial charge < -0.3 is 14.5 Å². The fourth-order valence-electron chi connectivity index (χ4n) is 6.26. The van der Waals surface area contributed by atoms with Gasteiger partial charge in [-0.3, -0.25) is 14.5 Å². The number of carbonyl (C=O) groups is 2. The van der Waals surface area contributed by atoms with Crippen molar-refractivity contribution < 1.29 is 18.8 Å². The van der Waals surface area contributed by atoms with Gasteiger partial charge in [0.2, 0.25) is 5.91 Å². The second-order valence-electron chi connectivity index (χ2n) is 12.1. The normalized spacial score (nSPS) is 17.3. The topological polar surface area (TPSA) is 58.6 Å². The SMILES string of the molecule is CCCC[N+](CC)(CCOCCN1CCCCC1C(=O)Nc1c(C)cccc1C)CC(=O)Cc1c(C)cccc1C. The van der Waals surface area contributed by atoms with E-state index >= 15 is 0 Å². The van der Waals surface area contributed by atoms with Crippen LogP contribution >= 0.6 is 0 Å². The van der Waals surface area contributed by atoms with Gasteiger partial charge >= 0.3 is 0 Å². The second kappa shape index (κ2) is 16.2. The molecule has 41 heavy (non-hydrogen) atoms. The highest BCUT2D eigenvalue weighted by Crippen LogP contribution is 2.23. The maximum absolute atomic E-state index is 13.3. The van der Waals surface area contributed by atoms with E-state index in [1.165, 1.54) is 16.7 Å². The Labute approximate surface area is 249 Å².